The van der Waals surface area contributed by atoms with Crippen LogP contribution < -0.4 is 5.32 Å². The number of pyridine rings is 1. The first-order valence-corrected chi connectivity index (χ1v) is 6.56. The van der Waals surface area contributed by atoms with Gasteiger partial charge in [-0.1, -0.05) is 11.3 Å². The molecule has 92 valence electrons. The van der Waals surface area contributed by atoms with Crippen LogP contribution in [-0.2, 0) is 0 Å². The lowest BCUT2D eigenvalue weighted by Crippen LogP contribution is -2.11. The molecule has 5 nitrogen and oxygen atoms in total. The number of thiazole rings is 1. The van der Waals surface area contributed by atoms with E-state index in [-0.39, 0.29) is 11.7 Å². The highest BCUT2D eigenvalue weighted by molar-refractivity contribution is 9.10. The van der Waals surface area contributed by atoms with Crippen LogP contribution in [0.4, 0.5) is 5.13 Å². The van der Waals surface area contributed by atoms with E-state index in [1.165, 1.54) is 19.3 Å². The highest BCUT2D eigenvalue weighted by Gasteiger charge is 2.11. The Kier molecular flexibility index (Phi) is 3.83. The van der Waals surface area contributed by atoms with Crippen LogP contribution in [0.25, 0.3) is 0 Å². The second-order valence-corrected chi connectivity index (χ2v) is 5.38. The molecule has 0 spiro atoms. The predicted molar refractivity (Wildman–Crippen MR) is 72.0 cm³/mol. The van der Waals surface area contributed by atoms with E-state index in [4.69, 9.17) is 0 Å². The Morgan fingerprint density at radius 3 is 2.72 bits per heavy atom. The summed E-state index contributed by atoms with van der Waals surface area (Å²) in [5.74, 6) is -0.384. The van der Waals surface area contributed by atoms with E-state index in [0.29, 0.717) is 15.6 Å². The molecule has 0 unspecified atom stereocenters. The Bertz CT molecular complexity index is 612. The van der Waals surface area contributed by atoms with Crippen LogP contribution in [0.1, 0.15) is 27.0 Å². The Morgan fingerprint density at radius 1 is 1.33 bits per heavy atom. The van der Waals surface area contributed by atoms with E-state index < -0.39 is 0 Å². The fourth-order valence-corrected chi connectivity index (χ4v) is 2.27. The van der Waals surface area contributed by atoms with Crippen molar-refractivity contribution in [2.24, 2.45) is 0 Å². The van der Waals surface area contributed by atoms with E-state index in [1.54, 1.807) is 12.3 Å². The zero-order valence-corrected chi connectivity index (χ0v) is 11.7. The molecule has 0 radical (unpaired) electrons. The lowest BCUT2D eigenvalue weighted by atomic mass is 10.3. The molecular formula is C11H8BrN3O2S. The maximum absolute atomic E-state index is 11.9. The average Bonchev–Trinajstić information content (AvgIpc) is 2.77. The molecule has 0 aliphatic rings. The van der Waals surface area contributed by atoms with Gasteiger partial charge in [0.1, 0.15) is 0 Å². The number of hydrogen-bond acceptors (Lipinski definition) is 5. The summed E-state index contributed by atoms with van der Waals surface area (Å²) in [5.41, 5.74) is 0.420. The molecule has 0 saturated carbocycles. The van der Waals surface area contributed by atoms with E-state index in [2.05, 4.69) is 31.2 Å². The quantitative estimate of drug-likeness (QED) is 0.881. The Morgan fingerprint density at radius 2 is 2.11 bits per heavy atom. The Labute approximate surface area is 115 Å². The molecule has 1 N–H and O–H groups in total. The lowest BCUT2D eigenvalue weighted by Gasteiger charge is -2.01. The summed E-state index contributed by atoms with van der Waals surface area (Å²) in [7, 11) is 0. The molecule has 2 heterocycles. The number of anilines is 1. The number of rotatable bonds is 3. The minimum atomic E-state index is -0.312. The number of hydrogen-bond donors (Lipinski definition) is 1. The second kappa shape index (κ2) is 5.36. The van der Waals surface area contributed by atoms with Gasteiger partial charge in [-0.2, -0.15) is 0 Å². The minimum absolute atomic E-state index is 0.0721. The number of carbonyl (C=O) groups excluding carboxylic acids is 2. The number of ketones is 1. The third-order valence-electron chi connectivity index (χ3n) is 2.04. The first kappa shape index (κ1) is 12.8. The topological polar surface area (TPSA) is 72.0 Å². The van der Waals surface area contributed by atoms with Gasteiger partial charge in [0.2, 0.25) is 0 Å². The third kappa shape index (κ3) is 2.99. The molecule has 7 heteroatoms. The summed E-state index contributed by atoms with van der Waals surface area (Å²) < 4.78 is 0.721. The first-order valence-electron chi connectivity index (χ1n) is 4.95. The van der Waals surface area contributed by atoms with Crippen LogP contribution >= 0.6 is 27.3 Å². The van der Waals surface area contributed by atoms with Crippen molar-refractivity contribution in [2.75, 3.05) is 5.32 Å². The number of aromatic nitrogens is 2. The monoisotopic (exact) mass is 325 g/mol. The maximum atomic E-state index is 11.9. The number of amides is 1. The van der Waals surface area contributed by atoms with E-state index >= 15 is 0 Å². The molecule has 1 amide bonds. The predicted octanol–water partition coefficient (Wildman–Crippen LogP) is 2.76. The third-order valence-corrected chi connectivity index (χ3v) is 3.49. The number of nitrogens with one attached hydrogen (secondary N) is 1. The zero-order valence-electron chi connectivity index (χ0n) is 9.31. The molecule has 2 aromatic heterocycles. The van der Waals surface area contributed by atoms with Gasteiger partial charge in [0.15, 0.2) is 10.9 Å². The summed E-state index contributed by atoms with van der Waals surface area (Å²) in [6, 6.07) is 1.65. The number of Topliss-reactive ketones (excluding diaryl/α,β-unsaturated/α-hetero) is 1. The fraction of sp³-hybridized carbons (Fsp3) is 0.0909. The molecule has 2 rings (SSSR count). The van der Waals surface area contributed by atoms with Gasteiger partial charge in [0, 0.05) is 23.8 Å². The van der Waals surface area contributed by atoms with Crippen molar-refractivity contribution in [1.82, 2.24) is 9.97 Å². The number of carbonyl (C=O) groups is 2. The highest BCUT2D eigenvalue weighted by Crippen LogP contribution is 2.19. The SMILES string of the molecule is CC(=O)c1cnc(NC(=O)c2cncc(Br)c2)s1. The smallest absolute Gasteiger partial charge is 0.259 e. The summed E-state index contributed by atoms with van der Waals surface area (Å²) in [6.45, 7) is 1.46. The van der Waals surface area contributed by atoms with Crippen molar-refractivity contribution in [3.8, 4) is 0 Å². The molecule has 18 heavy (non-hydrogen) atoms. The van der Waals surface area contributed by atoms with E-state index in [0.717, 1.165) is 15.8 Å². The normalized spacial score (nSPS) is 10.1. The van der Waals surface area contributed by atoms with Gasteiger partial charge in [-0.15, -0.1) is 0 Å². The molecular weight excluding hydrogens is 318 g/mol. The molecule has 0 fully saturated rings. The molecule has 0 aliphatic carbocycles. The van der Waals surface area contributed by atoms with Crippen molar-refractivity contribution in [2.45, 2.75) is 6.92 Å². The molecule has 2 aromatic rings. The van der Waals surface area contributed by atoms with Crippen LogP contribution in [0.5, 0.6) is 0 Å². The van der Waals surface area contributed by atoms with Gasteiger partial charge in [0.05, 0.1) is 16.6 Å². The van der Waals surface area contributed by atoms with Crippen molar-refractivity contribution < 1.29 is 9.59 Å². The van der Waals surface area contributed by atoms with Crippen molar-refractivity contribution in [3.05, 3.63) is 39.6 Å². The van der Waals surface area contributed by atoms with Crippen molar-refractivity contribution >= 4 is 44.1 Å². The molecule has 0 bridgehead atoms. The molecule has 0 atom stereocenters. The standard InChI is InChI=1S/C11H8BrN3O2S/c1-6(16)9-5-14-11(18-9)15-10(17)7-2-8(12)4-13-3-7/h2-5H,1H3,(H,14,15,17). The van der Waals surface area contributed by atoms with Crippen molar-refractivity contribution in [1.29, 1.82) is 0 Å². The van der Waals surface area contributed by atoms with Crippen molar-refractivity contribution in [3.63, 3.8) is 0 Å². The number of nitrogens with zero attached hydrogens (tertiary/aromatic N) is 2. The molecule has 0 aromatic carbocycles. The van der Waals surface area contributed by atoms with Crippen LogP contribution in [-0.4, -0.2) is 21.7 Å². The van der Waals surface area contributed by atoms with Gasteiger partial charge in [-0.05, 0) is 22.0 Å². The van der Waals surface area contributed by atoms with Gasteiger partial charge in [-0.3, -0.25) is 19.9 Å². The highest BCUT2D eigenvalue weighted by atomic mass is 79.9. The average molecular weight is 326 g/mol. The Balaban J connectivity index is 2.13. The van der Waals surface area contributed by atoms with Crippen LogP contribution in [0.15, 0.2) is 29.1 Å². The molecule has 0 saturated heterocycles. The minimum Gasteiger partial charge on any atom is -0.298 e. The van der Waals surface area contributed by atoms with Crippen LogP contribution in [0.2, 0.25) is 0 Å². The summed E-state index contributed by atoms with van der Waals surface area (Å²) in [4.78, 5) is 31.3. The van der Waals surface area contributed by atoms with Crippen LogP contribution in [0.3, 0.4) is 0 Å². The van der Waals surface area contributed by atoms with Gasteiger partial charge < -0.3 is 0 Å². The first-order chi connectivity index (χ1) is 8.56. The lowest BCUT2D eigenvalue weighted by molar-refractivity contribution is 0.101. The fourth-order valence-electron chi connectivity index (χ4n) is 1.20. The molecule has 0 aliphatic heterocycles. The number of halogens is 1. The van der Waals surface area contributed by atoms with Gasteiger partial charge in [-0.25, -0.2) is 4.98 Å². The Hall–Kier alpha value is -1.60. The summed E-state index contributed by atoms with van der Waals surface area (Å²) in [6.07, 6.45) is 4.50. The van der Waals surface area contributed by atoms with E-state index in [1.807, 2.05) is 0 Å². The zero-order chi connectivity index (χ0) is 13.1. The summed E-state index contributed by atoms with van der Waals surface area (Å²) >= 11 is 4.38. The second-order valence-electron chi connectivity index (χ2n) is 3.43. The van der Waals surface area contributed by atoms with Crippen LogP contribution in [0, 0.1) is 0 Å². The van der Waals surface area contributed by atoms with Gasteiger partial charge in [0.25, 0.3) is 5.91 Å². The van der Waals surface area contributed by atoms with E-state index in [9.17, 15) is 9.59 Å². The largest absolute Gasteiger partial charge is 0.298 e. The van der Waals surface area contributed by atoms with Gasteiger partial charge >= 0.3 is 0 Å². The summed E-state index contributed by atoms with van der Waals surface area (Å²) in [5, 5.41) is 3.01. The maximum Gasteiger partial charge on any atom is 0.259 e.